The summed E-state index contributed by atoms with van der Waals surface area (Å²) in [5, 5.41) is 10.3. The first-order valence-corrected chi connectivity index (χ1v) is 9.88. The molecule has 0 fully saturated rings. The third-order valence-corrected chi connectivity index (χ3v) is 5.44. The molecule has 0 N–H and O–H groups in total. The zero-order valence-electron chi connectivity index (χ0n) is 15.2. The van der Waals surface area contributed by atoms with Crippen molar-refractivity contribution in [3.63, 3.8) is 0 Å². The molecule has 0 aliphatic carbocycles. The molecule has 2 heterocycles. The van der Waals surface area contributed by atoms with Gasteiger partial charge >= 0.3 is 5.63 Å². The van der Waals surface area contributed by atoms with Crippen LogP contribution in [0, 0.1) is 0 Å². The summed E-state index contributed by atoms with van der Waals surface area (Å²) in [6.45, 7) is 0. The van der Waals surface area contributed by atoms with Crippen molar-refractivity contribution < 1.29 is 4.42 Å². The van der Waals surface area contributed by atoms with Gasteiger partial charge in [-0.25, -0.2) is 4.79 Å². The second kappa shape index (κ2) is 7.41. The van der Waals surface area contributed by atoms with Crippen LogP contribution in [0.1, 0.15) is 0 Å². The molecule has 29 heavy (non-hydrogen) atoms. The molecule has 0 unspecified atom stereocenters. The van der Waals surface area contributed by atoms with E-state index in [0.717, 1.165) is 16.6 Å². The summed E-state index contributed by atoms with van der Waals surface area (Å²) in [6, 6.07) is 29.0. The van der Waals surface area contributed by atoms with Crippen LogP contribution in [0.5, 0.6) is 0 Å². The molecule has 0 saturated heterocycles. The Morgan fingerprint density at radius 1 is 0.793 bits per heavy atom. The molecule has 3 aromatic carbocycles. The molecule has 0 aliphatic rings. The van der Waals surface area contributed by atoms with E-state index in [1.54, 1.807) is 6.07 Å². The molecule has 5 nitrogen and oxygen atoms in total. The first-order valence-electron chi connectivity index (χ1n) is 9.06. The Balaban J connectivity index is 1.65. The highest BCUT2D eigenvalue weighted by atomic mass is 32.2. The fourth-order valence-electron chi connectivity index (χ4n) is 3.13. The minimum absolute atomic E-state index is 0.391. The van der Waals surface area contributed by atoms with Crippen molar-refractivity contribution in [2.45, 2.75) is 10.1 Å². The molecular formula is C23H15N3O2S. The number of hydrogen-bond donors (Lipinski definition) is 0. The van der Waals surface area contributed by atoms with Crippen molar-refractivity contribution in [1.82, 2.24) is 14.8 Å². The van der Waals surface area contributed by atoms with E-state index in [1.165, 1.54) is 11.8 Å². The Hall–Kier alpha value is -3.64. The fraction of sp³-hybridized carbons (Fsp3) is 0. The van der Waals surface area contributed by atoms with Gasteiger partial charge in [-0.05, 0) is 36.0 Å². The number of hydrogen-bond acceptors (Lipinski definition) is 5. The van der Waals surface area contributed by atoms with Crippen molar-refractivity contribution in [2.24, 2.45) is 0 Å². The zero-order valence-corrected chi connectivity index (χ0v) is 16.0. The molecule has 0 aliphatic heterocycles. The number of aromatic nitrogens is 3. The summed E-state index contributed by atoms with van der Waals surface area (Å²) in [7, 11) is 0. The third kappa shape index (κ3) is 3.34. The van der Waals surface area contributed by atoms with Gasteiger partial charge in [-0.2, -0.15) is 0 Å². The van der Waals surface area contributed by atoms with E-state index in [4.69, 9.17) is 4.42 Å². The van der Waals surface area contributed by atoms with Gasteiger partial charge in [0.15, 0.2) is 5.82 Å². The molecule has 0 saturated carbocycles. The Bertz CT molecular complexity index is 1350. The van der Waals surface area contributed by atoms with Crippen molar-refractivity contribution in [2.75, 3.05) is 0 Å². The number of rotatable bonds is 4. The lowest BCUT2D eigenvalue weighted by Crippen LogP contribution is -2.04. The molecule has 0 amide bonds. The number of fused-ring (bicyclic) bond motifs is 1. The van der Waals surface area contributed by atoms with Gasteiger partial charge in [0.1, 0.15) is 10.5 Å². The van der Waals surface area contributed by atoms with Crippen LogP contribution < -0.4 is 5.63 Å². The lowest BCUT2D eigenvalue weighted by Gasteiger charge is -2.10. The maximum atomic E-state index is 12.5. The molecule has 0 atom stereocenters. The molecule has 2 aromatic heterocycles. The Kier molecular flexibility index (Phi) is 4.46. The van der Waals surface area contributed by atoms with Crippen molar-refractivity contribution in [1.29, 1.82) is 0 Å². The van der Waals surface area contributed by atoms with Gasteiger partial charge in [0.05, 0.1) is 0 Å². The molecule has 5 rings (SSSR count). The predicted octanol–water partition coefficient (Wildman–Crippen LogP) is 5.19. The van der Waals surface area contributed by atoms with Gasteiger partial charge in [-0.15, -0.1) is 10.2 Å². The lowest BCUT2D eigenvalue weighted by atomic mass is 10.2. The van der Waals surface area contributed by atoms with Crippen LogP contribution in [0.2, 0.25) is 0 Å². The maximum Gasteiger partial charge on any atom is 0.350 e. The lowest BCUT2D eigenvalue weighted by molar-refractivity contribution is 0.543. The maximum absolute atomic E-state index is 12.5. The van der Waals surface area contributed by atoms with Gasteiger partial charge in [0.2, 0.25) is 5.16 Å². The van der Waals surface area contributed by atoms with E-state index in [-0.39, 0.29) is 0 Å². The average molecular weight is 397 g/mol. The van der Waals surface area contributed by atoms with Gasteiger partial charge in [0.25, 0.3) is 0 Å². The van der Waals surface area contributed by atoms with Gasteiger partial charge in [-0.1, -0.05) is 66.7 Å². The fourth-order valence-corrected chi connectivity index (χ4v) is 4.01. The van der Waals surface area contributed by atoms with E-state index in [0.29, 0.717) is 21.5 Å². The second-order valence-corrected chi connectivity index (χ2v) is 7.39. The molecule has 6 heteroatoms. The van der Waals surface area contributed by atoms with E-state index in [2.05, 4.69) is 10.2 Å². The van der Waals surface area contributed by atoms with Crippen LogP contribution >= 0.6 is 11.8 Å². The zero-order chi connectivity index (χ0) is 19.6. The third-order valence-electron chi connectivity index (χ3n) is 4.49. The minimum atomic E-state index is -0.391. The Morgan fingerprint density at radius 2 is 1.48 bits per heavy atom. The number of nitrogens with zero attached hydrogens (tertiary/aromatic N) is 3. The molecule has 140 valence electrons. The standard InChI is InChI=1S/C23H15N3O2S/c27-22-20(15-17-11-7-8-14-19(17)28-22)29-23-25-24-21(16-9-3-1-4-10-16)26(23)18-12-5-2-6-13-18/h1-15H. The SMILES string of the molecule is O=c1oc2ccccc2cc1Sc1nnc(-c2ccccc2)n1-c1ccccc1. The van der Waals surface area contributed by atoms with Gasteiger partial charge < -0.3 is 4.42 Å². The molecular weight excluding hydrogens is 382 g/mol. The largest absolute Gasteiger partial charge is 0.422 e. The minimum Gasteiger partial charge on any atom is -0.422 e. The summed E-state index contributed by atoms with van der Waals surface area (Å²) in [5.74, 6) is 0.712. The predicted molar refractivity (Wildman–Crippen MR) is 113 cm³/mol. The number of para-hydroxylation sites is 2. The summed E-state index contributed by atoms with van der Waals surface area (Å²) < 4.78 is 7.42. The topological polar surface area (TPSA) is 60.9 Å². The first kappa shape index (κ1) is 17.5. The molecule has 0 spiro atoms. The normalized spacial score (nSPS) is 11.0. The summed E-state index contributed by atoms with van der Waals surface area (Å²) in [5.41, 5.74) is 2.04. The second-order valence-electron chi connectivity index (χ2n) is 6.38. The van der Waals surface area contributed by atoms with Crippen LogP contribution in [0.25, 0.3) is 28.0 Å². The Morgan fingerprint density at radius 3 is 2.28 bits per heavy atom. The smallest absolute Gasteiger partial charge is 0.350 e. The summed E-state index contributed by atoms with van der Waals surface area (Å²) >= 11 is 1.25. The van der Waals surface area contributed by atoms with E-state index in [9.17, 15) is 4.79 Å². The van der Waals surface area contributed by atoms with Crippen molar-refractivity contribution in [3.05, 3.63) is 101 Å². The van der Waals surface area contributed by atoms with Gasteiger partial charge in [-0.3, -0.25) is 4.57 Å². The molecule has 0 radical (unpaired) electrons. The number of benzene rings is 3. The molecule has 0 bridgehead atoms. The van der Waals surface area contributed by atoms with Crippen molar-refractivity contribution in [3.8, 4) is 17.1 Å². The highest BCUT2D eigenvalue weighted by Gasteiger charge is 2.18. The highest BCUT2D eigenvalue weighted by molar-refractivity contribution is 7.99. The summed E-state index contributed by atoms with van der Waals surface area (Å²) in [4.78, 5) is 13.0. The van der Waals surface area contributed by atoms with Crippen LogP contribution in [-0.4, -0.2) is 14.8 Å². The summed E-state index contributed by atoms with van der Waals surface area (Å²) in [6.07, 6.45) is 0. The van der Waals surface area contributed by atoms with Crippen LogP contribution in [0.4, 0.5) is 0 Å². The van der Waals surface area contributed by atoms with Crippen LogP contribution in [0.15, 0.2) is 110 Å². The van der Waals surface area contributed by atoms with E-state index in [1.807, 2.05) is 89.5 Å². The quantitative estimate of drug-likeness (QED) is 0.391. The highest BCUT2D eigenvalue weighted by Crippen LogP contribution is 2.31. The monoisotopic (exact) mass is 397 g/mol. The molecule has 5 aromatic rings. The van der Waals surface area contributed by atoms with Crippen LogP contribution in [0.3, 0.4) is 0 Å². The van der Waals surface area contributed by atoms with E-state index < -0.39 is 5.63 Å². The van der Waals surface area contributed by atoms with Gasteiger partial charge in [0, 0.05) is 16.6 Å². The van der Waals surface area contributed by atoms with Crippen molar-refractivity contribution >= 4 is 22.7 Å². The average Bonchev–Trinajstić information content (AvgIpc) is 3.19. The van der Waals surface area contributed by atoms with Crippen LogP contribution in [-0.2, 0) is 0 Å². The van der Waals surface area contributed by atoms with E-state index >= 15 is 0 Å². The first-order chi connectivity index (χ1) is 14.3. The Labute approximate surface area is 170 Å².